The number of amides is 1. The van der Waals surface area contributed by atoms with Crippen molar-refractivity contribution < 1.29 is 24.1 Å². The molecule has 24 heavy (non-hydrogen) atoms. The third-order valence-electron chi connectivity index (χ3n) is 3.83. The van der Waals surface area contributed by atoms with E-state index in [1.807, 2.05) is 30.3 Å². The molecule has 7 heteroatoms. The second-order valence-corrected chi connectivity index (χ2v) is 5.42. The minimum Gasteiger partial charge on any atom is -0.618 e. The van der Waals surface area contributed by atoms with Crippen LogP contribution < -0.4 is 4.73 Å². The summed E-state index contributed by atoms with van der Waals surface area (Å²) in [6.07, 6.45) is -0.188. The number of aromatic nitrogens is 1. The molecular formula is C17H18N2O5. The lowest BCUT2D eigenvalue weighted by Gasteiger charge is -2.25. The Kier molecular flexibility index (Phi) is 4.93. The zero-order chi connectivity index (χ0) is 16.9. The third kappa shape index (κ3) is 3.32. The zero-order valence-corrected chi connectivity index (χ0v) is 12.9. The molecule has 1 amide bonds. The highest BCUT2D eigenvalue weighted by atomic mass is 16.6. The molecule has 2 heterocycles. The molecule has 1 N–H and O–H groups in total. The fraction of sp³-hybridized carbons (Fsp3) is 0.294. The molecule has 1 fully saturated rings. The van der Waals surface area contributed by atoms with Crippen molar-refractivity contribution in [3.05, 3.63) is 71.2 Å². The van der Waals surface area contributed by atoms with E-state index in [2.05, 4.69) is 0 Å². The van der Waals surface area contributed by atoms with Crippen LogP contribution in [-0.4, -0.2) is 35.4 Å². The lowest BCUT2D eigenvalue weighted by molar-refractivity contribution is -0.620. The summed E-state index contributed by atoms with van der Waals surface area (Å²) < 4.78 is 11.5. The first-order valence-corrected chi connectivity index (χ1v) is 7.60. The van der Waals surface area contributed by atoms with Gasteiger partial charge in [-0.2, -0.15) is 4.73 Å². The normalized spacial score (nSPS) is 20.1. The second kappa shape index (κ2) is 7.29. The fourth-order valence-corrected chi connectivity index (χ4v) is 2.59. The smallest absolute Gasteiger partial charge is 0.413 e. The van der Waals surface area contributed by atoms with Crippen molar-refractivity contribution in [2.45, 2.75) is 18.9 Å². The van der Waals surface area contributed by atoms with Gasteiger partial charge in [-0.3, -0.25) is 4.90 Å². The monoisotopic (exact) mass is 330 g/mol. The number of hydrogen-bond acceptors (Lipinski definition) is 5. The first-order valence-electron chi connectivity index (χ1n) is 7.60. The largest absolute Gasteiger partial charge is 0.618 e. The van der Waals surface area contributed by atoms with Crippen LogP contribution in [0.15, 0.2) is 54.7 Å². The highest BCUT2D eigenvalue weighted by Crippen LogP contribution is 2.29. The van der Waals surface area contributed by atoms with Crippen LogP contribution in [0, 0.1) is 5.21 Å². The minimum atomic E-state index is -0.885. The molecule has 0 saturated carbocycles. The van der Waals surface area contributed by atoms with Crippen molar-refractivity contribution >= 4 is 6.09 Å². The van der Waals surface area contributed by atoms with E-state index in [-0.39, 0.29) is 25.5 Å². The fourth-order valence-electron chi connectivity index (χ4n) is 2.59. The van der Waals surface area contributed by atoms with E-state index in [0.717, 1.165) is 5.56 Å². The van der Waals surface area contributed by atoms with Crippen molar-refractivity contribution in [1.82, 2.24) is 4.90 Å². The maximum atomic E-state index is 12.5. The van der Waals surface area contributed by atoms with Crippen LogP contribution in [0.5, 0.6) is 0 Å². The quantitative estimate of drug-likeness (QED) is 0.675. The number of hydrogen-bond donors (Lipinski definition) is 1. The summed E-state index contributed by atoms with van der Waals surface area (Å²) in [6, 6.07) is 13.6. The van der Waals surface area contributed by atoms with E-state index in [0.29, 0.717) is 4.73 Å². The maximum Gasteiger partial charge on any atom is 0.413 e. The first kappa shape index (κ1) is 16.2. The molecule has 1 aromatic heterocycles. The van der Waals surface area contributed by atoms with Gasteiger partial charge in [-0.15, -0.1) is 0 Å². The molecule has 3 rings (SSSR count). The lowest BCUT2D eigenvalue weighted by atomic mass is 10.2. The van der Waals surface area contributed by atoms with Crippen molar-refractivity contribution in [3.8, 4) is 0 Å². The van der Waals surface area contributed by atoms with Gasteiger partial charge in [0.1, 0.15) is 6.61 Å². The number of ether oxygens (including phenoxy) is 2. The Morgan fingerprint density at radius 3 is 2.75 bits per heavy atom. The van der Waals surface area contributed by atoms with E-state index in [1.54, 1.807) is 18.2 Å². The third-order valence-corrected chi connectivity index (χ3v) is 3.83. The van der Waals surface area contributed by atoms with E-state index < -0.39 is 18.4 Å². The number of carbonyl (C=O) groups excluding carboxylic acids is 1. The maximum absolute atomic E-state index is 12.5. The molecule has 0 radical (unpaired) electrons. The summed E-state index contributed by atoms with van der Waals surface area (Å²) in [5.74, 6) is 0. The summed E-state index contributed by atoms with van der Waals surface area (Å²) in [5.41, 5.74) is 1.12. The van der Waals surface area contributed by atoms with Crippen LogP contribution in [0.3, 0.4) is 0 Å². The molecular weight excluding hydrogens is 312 g/mol. The topological polar surface area (TPSA) is 85.9 Å². The van der Waals surface area contributed by atoms with Gasteiger partial charge in [-0.25, -0.2) is 4.79 Å². The second-order valence-electron chi connectivity index (χ2n) is 5.42. The summed E-state index contributed by atoms with van der Waals surface area (Å²) in [7, 11) is 0. The Hall–Kier alpha value is -2.64. The van der Waals surface area contributed by atoms with Crippen molar-refractivity contribution in [3.63, 3.8) is 0 Å². The van der Waals surface area contributed by atoms with Gasteiger partial charge in [-0.1, -0.05) is 30.3 Å². The van der Waals surface area contributed by atoms with Crippen LogP contribution in [0.1, 0.15) is 17.5 Å². The molecule has 0 spiro atoms. The number of benzene rings is 1. The van der Waals surface area contributed by atoms with Gasteiger partial charge >= 0.3 is 6.09 Å². The predicted molar refractivity (Wildman–Crippen MR) is 83.4 cm³/mol. The summed E-state index contributed by atoms with van der Waals surface area (Å²) in [4.78, 5) is 13.8. The molecule has 1 saturated heterocycles. The Bertz CT molecular complexity index is 694. The van der Waals surface area contributed by atoms with Gasteiger partial charge in [0.15, 0.2) is 6.20 Å². The highest BCUT2D eigenvalue weighted by Gasteiger charge is 2.43. The van der Waals surface area contributed by atoms with Gasteiger partial charge in [0, 0.05) is 12.1 Å². The number of aliphatic hydroxyl groups is 1. The van der Waals surface area contributed by atoms with Crippen LogP contribution >= 0.6 is 0 Å². The van der Waals surface area contributed by atoms with E-state index in [9.17, 15) is 15.1 Å². The first-order chi connectivity index (χ1) is 11.7. The van der Waals surface area contributed by atoms with Crippen molar-refractivity contribution in [2.24, 2.45) is 0 Å². The van der Waals surface area contributed by atoms with Gasteiger partial charge in [0.2, 0.25) is 11.9 Å². The van der Waals surface area contributed by atoms with Gasteiger partial charge < -0.3 is 19.8 Å². The van der Waals surface area contributed by atoms with Gasteiger partial charge in [0.05, 0.1) is 19.3 Å². The molecule has 0 bridgehead atoms. The van der Waals surface area contributed by atoms with Crippen molar-refractivity contribution in [1.29, 1.82) is 0 Å². The predicted octanol–water partition coefficient (Wildman–Crippen LogP) is 1.35. The number of aliphatic hydroxyl groups excluding tert-OH is 1. The van der Waals surface area contributed by atoms with Crippen LogP contribution in [-0.2, 0) is 16.1 Å². The number of carbonyl (C=O) groups is 1. The Morgan fingerprint density at radius 2 is 2.04 bits per heavy atom. The molecule has 1 aliphatic heterocycles. The molecule has 126 valence electrons. The Morgan fingerprint density at radius 1 is 1.29 bits per heavy atom. The Balaban J connectivity index is 1.76. The SMILES string of the molecule is O=C(OCc1ccccc1)N1C(CO)COC1c1cccc[n+]1[O-]. The average Bonchev–Trinajstić information content (AvgIpc) is 3.05. The lowest BCUT2D eigenvalue weighted by Crippen LogP contribution is -2.44. The Labute approximate surface area is 139 Å². The van der Waals surface area contributed by atoms with E-state index >= 15 is 0 Å². The molecule has 1 aromatic carbocycles. The standard InChI is InChI=1S/C17H18N2O5/c20-10-14-12-23-16(15-8-4-5-9-18(15)22)19(14)17(21)24-11-13-6-2-1-3-7-13/h1-9,14,16,20H,10-12H2. The van der Waals surface area contributed by atoms with E-state index in [4.69, 9.17) is 9.47 Å². The van der Waals surface area contributed by atoms with Crippen LogP contribution in [0.25, 0.3) is 0 Å². The van der Waals surface area contributed by atoms with Crippen LogP contribution in [0.4, 0.5) is 4.79 Å². The van der Waals surface area contributed by atoms with E-state index in [1.165, 1.54) is 11.1 Å². The van der Waals surface area contributed by atoms with Gasteiger partial charge in [-0.05, 0) is 11.6 Å². The minimum absolute atomic E-state index is 0.104. The average molecular weight is 330 g/mol. The number of nitrogens with zero attached hydrogens (tertiary/aromatic N) is 2. The summed E-state index contributed by atoms with van der Waals surface area (Å²) in [5, 5.41) is 21.4. The molecule has 2 unspecified atom stereocenters. The molecule has 2 aromatic rings. The summed E-state index contributed by atoms with van der Waals surface area (Å²) >= 11 is 0. The number of rotatable bonds is 4. The molecule has 1 aliphatic rings. The van der Waals surface area contributed by atoms with Crippen LogP contribution in [0.2, 0.25) is 0 Å². The zero-order valence-electron chi connectivity index (χ0n) is 12.9. The summed E-state index contributed by atoms with van der Waals surface area (Å²) in [6.45, 7) is -0.0354. The molecule has 2 atom stereocenters. The molecule has 0 aliphatic carbocycles. The highest BCUT2D eigenvalue weighted by molar-refractivity contribution is 5.69. The number of pyridine rings is 1. The van der Waals surface area contributed by atoms with Gasteiger partial charge in [0.25, 0.3) is 0 Å². The molecule has 7 nitrogen and oxygen atoms in total. The van der Waals surface area contributed by atoms with Crippen molar-refractivity contribution in [2.75, 3.05) is 13.2 Å².